The van der Waals surface area contributed by atoms with Gasteiger partial charge in [-0.15, -0.1) is 0 Å². The molecule has 0 amide bonds. The first-order valence-electron chi connectivity index (χ1n) is 7.43. The number of rotatable bonds is 6. The van der Waals surface area contributed by atoms with Gasteiger partial charge in [0.1, 0.15) is 5.54 Å². The van der Waals surface area contributed by atoms with E-state index in [1.807, 2.05) is 20.8 Å². The van der Waals surface area contributed by atoms with Gasteiger partial charge >= 0.3 is 5.97 Å². The fourth-order valence-electron chi connectivity index (χ4n) is 3.03. The Morgan fingerprint density at radius 1 is 1.45 bits per heavy atom. The summed E-state index contributed by atoms with van der Waals surface area (Å²) >= 11 is 0. The van der Waals surface area contributed by atoms with Crippen LogP contribution in [0.25, 0.3) is 0 Å². The highest BCUT2D eigenvalue weighted by atomic mass is 16.5. The number of nitrogens with zero attached hydrogens (tertiary/aromatic N) is 1. The van der Waals surface area contributed by atoms with Gasteiger partial charge in [0.2, 0.25) is 0 Å². The van der Waals surface area contributed by atoms with E-state index in [9.17, 15) is 4.79 Å². The van der Waals surface area contributed by atoms with Crippen molar-refractivity contribution in [2.24, 2.45) is 5.92 Å². The maximum Gasteiger partial charge on any atom is 0.327 e. The summed E-state index contributed by atoms with van der Waals surface area (Å²) in [7, 11) is 3.20. The molecule has 1 rings (SSSR count). The van der Waals surface area contributed by atoms with E-state index in [1.54, 1.807) is 7.11 Å². The number of nitrogens with one attached hydrogen (secondary N) is 1. The van der Waals surface area contributed by atoms with Crippen molar-refractivity contribution < 1.29 is 14.3 Å². The van der Waals surface area contributed by atoms with Crippen molar-refractivity contribution in [1.29, 1.82) is 0 Å². The van der Waals surface area contributed by atoms with Gasteiger partial charge in [0, 0.05) is 26.2 Å². The third-order valence-corrected chi connectivity index (χ3v) is 4.06. The zero-order valence-electron chi connectivity index (χ0n) is 13.7. The summed E-state index contributed by atoms with van der Waals surface area (Å²) in [5, 5.41) is 3.34. The number of esters is 1. The lowest BCUT2D eigenvalue weighted by atomic mass is 9.93. The lowest BCUT2D eigenvalue weighted by Crippen LogP contribution is -2.61. The Morgan fingerprint density at radius 2 is 2.10 bits per heavy atom. The molecule has 5 nitrogen and oxygen atoms in total. The van der Waals surface area contributed by atoms with Crippen LogP contribution in [0.5, 0.6) is 0 Å². The van der Waals surface area contributed by atoms with E-state index >= 15 is 0 Å². The molecule has 1 fully saturated rings. The van der Waals surface area contributed by atoms with Crippen molar-refractivity contribution in [2.45, 2.75) is 51.8 Å². The van der Waals surface area contributed by atoms with E-state index in [4.69, 9.17) is 9.47 Å². The summed E-state index contributed by atoms with van der Waals surface area (Å²) in [5.74, 6) is 0.359. The Morgan fingerprint density at radius 3 is 2.60 bits per heavy atom. The summed E-state index contributed by atoms with van der Waals surface area (Å²) in [6, 6.07) is 0.223. The van der Waals surface area contributed by atoms with Crippen LogP contribution in [0.2, 0.25) is 0 Å². The van der Waals surface area contributed by atoms with Crippen LogP contribution in [0.3, 0.4) is 0 Å². The smallest absolute Gasteiger partial charge is 0.327 e. The van der Waals surface area contributed by atoms with Gasteiger partial charge in [-0.25, -0.2) is 0 Å². The molecule has 1 saturated heterocycles. The number of piperidine rings is 1. The van der Waals surface area contributed by atoms with Crippen LogP contribution >= 0.6 is 0 Å². The standard InChI is InChI=1S/C15H30N2O3/c1-11(2)16-15(4,14(18)20-6)10-17-8-7-12(3)13(9-17)19-5/h11-13,16H,7-10H2,1-6H3. The van der Waals surface area contributed by atoms with Crippen LogP contribution in [0.1, 0.15) is 34.1 Å². The van der Waals surface area contributed by atoms with Gasteiger partial charge < -0.3 is 9.47 Å². The second kappa shape index (κ2) is 7.38. The first-order chi connectivity index (χ1) is 9.32. The van der Waals surface area contributed by atoms with Gasteiger partial charge in [0.25, 0.3) is 0 Å². The van der Waals surface area contributed by atoms with E-state index in [2.05, 4.69) is 17.1 Å². The molecule has 0 bridgehead atoms. The van der Waals surface area contributed by atoms with E-state index in [1.165, 1.54) is 7.11 Å². The molecular weight excluding hydrogens is 256 g/mol. The lowest BCUT2D eigenvalue weighted by Gasteiger charge is -2.41. The molecule has 0 saturated carbocycles. The third kappa shape index (κ3) is 4.43. The molecule has 0 aromatic carbocycles. The van der Waals surface area contributed by atoms with Gasteiger partial charge in [-0.05, 0) is 39.7 Å². The minimum atomic E-state index is -0.679. The molecule has 1 heterocycles. The summed E-state index contributed by atoms with van der Waals surface area (Å²) in [4.78, 5) is 14.4. The number of carbonyl (C=O) groups is 1. The van der Waals surface area contributed by atoms with Crippen molar-refractivity contribution >= 4 is 5.97 Å². The molecule has 5 heteroatoms. The van der Waals surface area contributed by atoms with Gasteiger partial charge in [-0.1, -0.05) is 6.92 Å². The minimum absolute atomic E-state index is 0.209. The summed E-state index contributed by atoms with van der Waals surface area (Å²) < 4.78 is 10.5. The molecule has 3 unspecified atom stereocenters. The summed E-state index contributed by atoms with van der Waals surface area (Å²) in [6.07, 6.45) is 1.34. The Balaban J connectivity index is 2.72. The molecule has 0 aromatic heterocycles. The lowest BCUT2D eigenvalue weighted by molar-refractivity contribution is -0.149. The van der Waals surface area contributed by atoms with Crippen molar-refractivity contribution in [1.82, 2.24) is 10.2 Å². The molecule has 0 spiro atoms. The third-order valence-electron chi connectivity index (χ3n) is 4.06. The van der Waals surface area contributed by atoms with Crippen LogP contribution in [-0.4, -0.2) is 62.4 Å². The van der Waals surface area contributed by atoms with E-state index in [0.717, 1.165) is 19.5 Å². The Hall–Kier alpha value is -0.650. The zero-order chi connectivity index (χ0) is 15.3. The minimum Gasteiger partial charge on any atom is -0.468 e. The highest BCUT2D eigenvalue weighted by Crippen LogP contribution is 2.21. The number of hydrogen-bond donors (Lipinski definition) is 1. The van der Waals surface area contributed by atoms with Crippen molar-refractivity contribution in [3.8, 4) is 0 Å². The second-order valence-corrected chi connectivity index (χ2v) is 6.40. The first-order valence-corrected chi connectivity index (χ1v) is 7.43. The number of ether oxygens (including phenoxy) is 2. The number of hydrogen-bond acceptors (Lipinski definition) is 5. The maximum absolute atomic E-state index is 12.1. The number of likely N-dealkylation sites (tertiary alicyclic amines) is 1. The number of methoxy groups -OCH3 is 2. The average Bonchev–Trinajstić information content (AvgIpc) is 2.39. The first kappa shape index (κ1) is 17.4. The van der Waals surface area contributed by atoms with Gasteiger partial charge in [0.15, 0.2) is 0 Å². The zero-order valence-corrected chi connectivity index (χ0v) is 13.7. The largest absolute Gasteiger partial charge is 0.468 e. The molecule has 3 atom stereocenters. The van der Waals surface area contributed by atoms with E-state index < -0.39 is 5.54 Å². The van der Waals surface area contributed by atoms with Crippen LogP contribution < -0.4 is 5.32 Å². The molecular formula is C15H30N2O3. The fraction of sp³-hybridized carbons (Fsp3) is 0.933. The summed E-state index contributed by atoms with van der Waals surface area (Å²) in [5.41, 5.74) is -0.679. The van der Waals surface area contributed by atoms with Crippen molar-refractivity contribution in [2.75, 3.05) is 33.9 Å². The molecule has 0 aliphatic carbocycles. The Labute approximate surface area is 123 Å². The van der Waals surface area contributed by atoms with Crippen LogP contribution in [0, 0.1) is 5.92 Å². The van der Waals surface area contributed by atoms with Crippen LogP contribution in [-0.2, 0) is 14.3 Å². The monoisotopic (exact) mass is 286 g/mol. The van der Waals surface area contributed by atoms with Gasteiger partial charge in [0.05, 0.1) is 13.2 Å². The molecule has 20 heavy (non-hydrogen) atoms. The Bertz CT molecular complexity index is 322. The highest BCUT2D eigenvalue weighted by molar-refractivity contribution is 5.80. The van der Waals surface area contributed by atoms with Crippen LogP contribution in [0.15, 0.2) is 0 Å². The Kier molecular flexibility index (Phi) is 6.43. The quantitative estimate of drug-likeness (QED) is 0.745. The topological polar surface area (TPSA) is 50.8 Å². The molecule has 118 valence electrons. The predicted molar refractivity (Wildman–Crippen MR) is 79.7 cm³/mol. The fourth-order valence-corrected chi connectivity index (χ4v) is 3.03. The number of carbonyl (C=O) groups excluding carboxylic acids is 1. The molecule has 0 aromatic rings. The molecule has 1 N–H and O–H groups in total. The van der Waals surface area contributed by atoms with Crippen molar-refractivity contribution in [3.63, 3.8) is 0 Å². The average molecular weight is 286 g/mol. The van der Waals surface area contributed by atoms with Gasteiger partial charge in [-0.3, -0.25) is 15.0 Å². The molecule has 1 aliphatic heterocycles. The van der Waals surface area contributed by atoms with Crippen molar-refractivity contribution in [3.05, 3.63) is 0 Å². The molecule has 0 radical (unpaired) electrons. The van der Waals surface area contributed by atoms with Gasteiger partial charge in [-0.2, -0.15) is 0 Å². The van der Waals surface area contributed by atoms with E-state index in [0.29, 0.717) is 12.5 Å². The maximum atomic E-state index is 12.1. The van der Waals surface area contributed by atoms with Crippen LogP contribution in [0.4, 0.5) is 0 Å². The van der Waals surface area contributed by atoms with E-state index in [-0.39, 0.29) is 18.1 Å². The normalized spacial score (nSPS) is 27.4. The predicted octanol–water partition coefficient (Wildman–Crippen LogP) is 1.27. The highest BCUT2D eigenvalue weighted by Gasteiger charge is 2.38. The summed E-state index contributed by atoms with van der Waals surface area (Å²) in [6.45, 7) is 10.7. The SMILES string of the molecule is COC(=O)C(C)(CN1CCC(C)C(OC)C1)NC(C)C. The molecule has 1 aliphatic rings. The second-order valence-electron chi connectivity index (χ2n) is 6.40.